The van der Waals surface area contributed by atoms with Crippen LogP contribution >= 0.6 is 11.6 Å². The van der Waals surface area contributed by atoms with Crippen molar-refractivity contribution in [1.82, 2.24) is 4.57 Å². The smallest absolute Gasteiger partial charge is 0.0498 e. The van der Waals surface area contributed by atoms with Crippen molar-refractivity contribution in [1.29, 1.82) is 0 Å². The maximum Gasteiger partial charge on any atom is 0.0498 e. The van der Waals surface area contributed by atoms with E-state index in [1.54, 1.807) is 0 Å². The van der Waals surface area contributed by atoms with Crippen molar-refractivity contribution in [3.05, 3.63) is 35.0 Å². The predicted molar refractivity (Wildman–Crippen MR) is 74.6 cm³/mol. The summed E-state index contributed by atoms with van der Waals surface area (Å²) >= 11 is 6.06. The van der Waals surface area contributed by atoms with Gasteiger partial charge in [0.2, 0.25) is 0 Å². The van der Waals surface area contributed by atoms with Crippen LogP contribution in [0.15, 0.2) is 24.4 Å². The third-order valence-electron chi connectivity index (χ3n) is 3.10. The first-order chi connectivity index (χ1) is 8.26. The van der Waals surface area contributed by atoms with Crippen LogP contribution in [-0.4, -0.2) is 11.1 Å². The molecule has 0 spiro atoms. The molecule has 2 N–H and O–H groups in total. The first-order valence-corrected chi connectivity index (χ1v) is 6.61. The third kappa shape index (κ3) is 2.64. The fraction of sp³-hybridized carbons (Fsp3) is 0.429. The van der Waals surface area contributed by atoms with Crippen LogP contribution in [0, 0.1) is 0 Å². The van der Waals surface area contributed by atoms with Gasteiger partial charge in [0, 0.05) is 35.2 Å². The molecule has 0 saturated heterocycles. The van der Waals surface area contributed by atoms with Gasteiger partial charge in [-0.25, -0.2) is 0 Å². The number of halogens is 1. The van der Waals surface area contributed by atoms with Crippen LogP contribution in [-0.2, 0) is 13.0 Å². The molecule has 0 bridgehead atoms. The molecule has 0 atom stereocenters. The number of fused-ring (bicyclic) bond motifs is 1. The van der Waals surface area contributed by atoms with E-state index in [0.717, 1.165) is 18.0 Å². The highest BCUT2D eigenvalue weighted by Gasteiger charge is 2.08. The summed E-state index contributed by atoms with van der Waals surface area (Å²) in [7, 11) is 0. The Kier molecular flexibility index (Phi) is 4.08. The Bertz CT molecular complexity index is 502. The lowest BCUT2D eigenvalue weighted by Crippen LogP contribution is -2.08. The zero-order chi connectivity index (χ0) is 12.3. The zero-order valence-electron chi connectivity index (χ0n) is 10.2. The van der Waals surface area contributed by atoms with Gasteiger partial charge >= 0.3 is 0 Å². The Hall–Kier alpha value is -0.990. The van der Waals surface area contributed by atoms with Crippen LogP contribution in [0.1, 0.15) is 25.3 Å². The second kappa shape index (κ2) is 5.56. The van der Waals surface area contributed by atoms with E-state index >= 15 is 0 Å². The van der Waals surface area contributed by atoms with Crippen molar-refractivity contribution >= 4 is 22.5 Å². The van der Waals surface area contributed by atoms with E-state index in [0.29, 0.717) is 6.54 Å². The van der Waals surface area contributed by atoms with Crippen LogP contribution in [0.25, 0.3) is 10.9 Å². The summed E-state index contributed by atoms with van der Waals surface area (Å²) in [6, 6.07) is 6.11. The Morgan fingerprint density at radius 1 is 1.35 bits per heavy atom. The van der Waals surface area contributed by atoms with Gasteiger partial charge in [-0.05, 0) is 30.5 Å². The molecule has 2 rings (SSSR count). The van der Waals surface area contributed by atoms with E-state index in [1.807, 2.05) is 12.1 Å². The highest BCUT2D eigenvalue weighted by Crippen LogP contribution is 2.25. The standard InChI is InChI=1S/C14H19ClN2/c1-2-3-4-11-10-17(8-7-16)14-9-12(15)5-6-13(11)14/h5-6,9-10H,2-4,7-8,16H2,1H3. The van der Waals surface area contributed by atoms with E-state index < -0.39 is 0 Å². The molecule has 0 aliphatic heterocycles. The molecule has 0 amide bonds. The molecule has 17 heavy (non-hydrogen) atoms. The molecule has 2 aromatic rings. The van der Waals surface area contributed by atoms with Crippen LogP contribution in [0.3, 0.4) is 0 Å². The van der Waals surface area contributed by atoms with Gasteiger partial charge < -0.3 is 10.3 Å². The number of aromatic nitrogens is 1. The molecule has 0 radical (unpaired) electrons. The van der Waals surface area contributed by atoms with Gasteiger partial charge in [0.25, 0.3) is 0 Å². The number of rotatable bonds is 5. The van der Waals surface area contributed by atoms with Crippen LogP contribution < -0.4 is 5.73 Å². The summed E-state index contributed by atoms with van der Waals surface area (Å²) in [5, 5.41) is 2.10. The van der Waals surface area contributed by atoms with Crippen molar-refractivity contribution in [3.8, 4) is 0 Å². The average Bonchev–Trinajstić information content (AvgIpc) is 2.65. The number of nitrogens with two attached hydrogens (primary N) is 1. The highest BCUT2D eigenvalue weighted by molar-refractivity contribution is 6.31. The van der Waals surface area contributed by atoms with Crippen molar-refractivity contribution in [2.75, 3.05) is 6.54 Å². The third-order valence-corrected chi connectivity index (χ3v) is 3.33. The first kappa shape index (κ1) is 12.5. The van der Waals surface area contributed by atoms with Gasteiger partial charge in [0.1, 0.15) is 0 Å². The van der Waals surface area contributed by atoms with Gasteiger partial charge in [0.15, 0.2) is 0 Å². The lowest BCUT2D eigenvalue weighted by molar-refractivity contribution is 0.726. The minimum Gasteiger partial charge on any atom is -0.346 e. The molecule has 0 unspecified atom stereocenters. The maximum absolute atomic E-state index is 6.06. The van der Waals surface area contributed by atoms with Gasteiger partial charge in [-0.15, -0.1) is 0 Å². The number of hydrogen-bond donors (Lipinski definition) is 1. The number of nitrogens with zero attached hydrogens (tertiary/aromatic N) is 1. The van der Waals surface area contributed by atoms with E-state index in [9.17, 15) is 0 Å². The normalized spacial score (nSPS) is 11.2. The predicted octanol–water partition coefficient (Wildman–Crippen LogP) is 3.60. The quantitative estimate of drug-likeness (QED) is 0.864. The molecule has 2 nitrogen and oxygen atoms in total. The first-order valence-electron chi connectivity index (χ1n) is 6.23. The lowest BCUT2D eigenvalue weighted by atomic mass is 10.1. The molecule has 3 heteroatoms. The summed E-state index contributed by atoms with van der Waals surface area (Å²) in [4.78, 5) is 0. The highest BCUT2D eigenvalue weighted by atomic mass is 35.5. The fourth-order valence-corrected chi connectivity index (χ4v) is 2.40. The fourth-order valence-electron chi connectivity index (χ4n) is 2.23. The Morgan fingerprint density at radius 2 is 2.18 bits per heavy atom. The molecular weight excluding hydrogens is 232 g/mol. The van der Waals surface area contributed by atoms with Gasteiger partial charge in [-0.2, -0.15) is 0 Å². The Balaban J connectivity index is 2.46. The van der Waals surface area contributed by atoms with Gasteiger partial charge in [-0.3, -0.25) is 0 Å². The summed E-state index contributed by atoms with van der Waals surface area (Å²) in [5.74, 6) is 0. The average molecular weight is 251 g/mol. The van der Waals surface area contributed by atoms with Crippen LogP contribution in [0.5, 0.6) is 0 Å². The molecule has 0 aliphatic carbocycles. The molecular formula is C14H19ClN2. The number of aryl methyl sites for hydroxylation is 1. The van der Waals surface area contributed by atoms with Crippen molar-refractivity contribution in [3.63, 3.8) is 0 Å². The summed E-state index contributed by atoms with van der Waals surface area (Å²) in [6.07, 6.45) is 5.80. The van der Waals surface area contributed by atoms with Gasteiger partial charge in [-0.1, -0.05) is 31.0 Å². The van der Waals surface area contributed by atoms with Crippen LogP contribution in [0.4, 0.5) is 0 Å². The van der Waals surface area contributed by atoms with Crippen molar-refractivity contribution < 1.29 is 0 Å². The number of unbranched alkanes of at least 4 members (excludes halogenated alkanes) is 1. The van der Waals surface area contributed by atoms with Crippen molar-refractivity contribution in [2.24, 2.45) is 5.73 Å². The zero-order valence-corrected chi connectivity index (χ0v) is 11.0. The molecule has 1 heterocycles. The summed E-state index contributed by atoms with van der Waals surface area (Å²) in [5.41, 5.74) is 8.26. The minimum absolute atomic E-state index is 0.656. The van der Waals surface area contributed by atoms with E-state index in [4.69, 9.17) is 17.3 Å². The molecule has 1 aromatic heterocycles. The molecule has 0 aliphatic rings. The SMILES string of the molecule is CCCCc1cn(CCN)c2cc(Cl)ccc12. The van der Waals surface area contributed by atoms with E-state index in [2.05, 4.69) is 23.8 Å². The lowest BCUT2D eigenvalue weighted by Gasteiger charge is -2.02. The minimum atomic E-state index is 0.656. The molecule has 92 valence electrons. The topological polar surface area (TPSA) is 30.9 Å². The van der Waals surface area contributed by atoms with Crippen molar-refractivity contribution in [2.45, 2.75) is 32.7 Å². The second-order valence-corrected chi connectivity index (χ2v) is 4.84. The largest absolute Gasteiger partial charge is 0.346 e. The van der Waals surface area contributed by atoms with E-state index in [-0.39, 0.29) is 0 Å². The monoisotopic (exact) mass is 250 g/mol. The Labute approximate surface area is 107 Å². The maximum atomic E-state index is 6.06. The summed E-state index contributed by atoms with van der Waals surface area (Å²) < 4.78 is 2.21. The number of benzene rings is 1. The number of hydrogen-bond acceptors (Lipinski definition) is 1. The molecule has 0 fully saturated rings. The molecule has 1 aromatic carbocycles. The Morgan fingerprint density at radius 3 is 2.88 bits per heavy atom. The summed E-state index contributed by atoms with van der Waals surface area (Å²) in [6.45, 7) is 3.72. The van der Waals surface area contributed by atoms with Crippen LogP contribution in [0.2, 0.25) is 5.02 Å². The van der Waals surface area contributed by atoms with Gasteiger partial charge in [0.05, 0.1) is 0 Å². The molecule has 0 saturated carbocycles. The van der Waals surface area contributed by atoms with E-state index in [1.165, 1.54) is 29.3 Å². The second-order valence-electron chi connectivity index (χ2n) is 4.40.